The molecule has 0 bridgehead atoms. The predicted octanol–water partition coefficient (Wildman–Crippen LogP) is 3.63. The number of carbonyl (C=O) groups is 1. The Balaban J connectivity index is 0.00000243. The first-order valence-electron chi connectivity index (χ1n) is 10.4. The third-order valence-electron chi connectivity index (χ3n) is 6.65. The lowest BCUT2D eigenvalue weighted by Gasteiger charge is -2.34. The number of likely N-dealkylation sites (tertiary alicyclic amines) is 2. The average Bonchev–Trinajstić information content (AvgIpc) is 3.23. The van der Waals surface area contributed by atoms with Gasteiger partial charge in [-0.3, -0.25) is 9.79 Å². The molecule has 1 spiro atoms. The van der Waals surface area contributed by atoms with Gasteiger partial charge < -0.3 is 15.1 Å². The standard InChI is InChI=1S/C20H36N4O.HI/c1-3-17(24-14-7-8-18(24)25)9-13-22-19(21-2)23-15-12-20(16-23)10-5-4-6-11-20;/h17H,3-16H2,1-2H3,(H,21,22);1H. The Hall–Kier alpha value is -0.530. The molecule has 2 aliphatic heterocycles. The van der Waals surface area contributed by atoms with Crippen LogP contribution in [0.2, 0.25) is 0 Å². The van der Waals surface area contributed by atoms with Crippen molar-refractivity contribution in [1.82, 2.24) is 15.1 Å². The highest BCUT2D eigenvalue weighted by Gasteiger charge is 2.39. The molecule has 3 fully saturated rings. The minimum atomic E-state index is 0. The van der Waals surface area contributed by atoms with Gasteiger partial charge in [0.1, 0.15) is 0 Å². The Morgan fingerprint density at radius 2 is 1.96 bits per heavy atom. The molecule has 0 aromatic rings. The monoisotopic (exact) mass is 476 g/mol. The maximum absolute atomic E-state index is 12.0. The van der Waals surface area contributed by atoms with E-state index in [0.717, 1.165) is 51.3 Å². The van der Waals surface area contributed by atoms with Gasteiger partial charge in [0, 0.05) is 45.7 Å². The molecule has 26 heavy (non-hydrogen) atoms. The molecular formula is C20H37IN4O. The van der Waals surface area contributed by atoms with Gasteiger partial charge in [-0.25, -0.2) is 0 Å². The Kier molecular flexibility index (Phi) is 8.48. The number of aliphatic imine (C=N–C) groups is 1. The largest absolute Gasteiger partial charge is 0.356 e. The first-order valence-corrected chi connectivity index (χ1v) is 10.4. The van der Waals surface area contributed by atoms with Crippen LogP contribution < -0.4 is 5.32 Å². The fraction of sp³-hybridized carbons (Fsp3) is 0.900. The molecule has 1 unspecified atom stereocenters. The molecule has 1 atom stereocenters. The Morgan fingerprint density at radius 1 is 1.19 bits per heavy atom. The van der Waals surface area contributed by atoms with Crippen LogP contribution >= 0.6 is 24.0 Å². The minimum absolute atomic E-state index is 0. The molecule has 6 heteroatoms. The average molecular weight is 476 g/mol. The maximum Gasteiger partial charge on any atom is 0.222 e. The van der Waals surface area contributed by atoms with Crippen molar-refractivity contribution in [2.24, 2.45) is 10.4 Å². The number of amides is 1. The van der Waals surface area contributed by atoms with Crippen LogP contribution in [0.5, 0.6) is 0 Å². The van der Waals surface area contributed by atoms with Gasteiger partial charge in [-0.1, -0.05) is 26.2 Å². The summed E-state index contributed by atoms with van der Waals surface area (Å²) in [6.45, 7) is 6.35. The van der Waals surface area contributed by atoms with Gasteiger partial charge >= 0.3 is 0 Å². The first kappa shape index (κ1) is 21.8. The summed E-state index contributed by atoms with van der Waals surface area (Å²) in [6.07, 6.45) is 12.2. The molecule has 5 nitrogen and oxygen atoms in total. The van der Waals surface area contributed by atoms with Crippen LogP contribution in [0, 0.1) is 5.41 Å². The molecule has 1 aliphatic carbocycles. The number of guanidine groups is 1. The van der Waals surface area contributed by atoms with Crippen LogP contribution in [0.15, 0.2) is 4.99 Å². The SMILES string of the molecule is CCC(CCNC(=NC)N1CCC2(CCCCC2)C1)N1CCCC1=O.I. The number of halogens is 1. The van der Waals surface area contributed by atoms with E-state index in [1.54, 1.807) is 0 Å². The molecule has 1 saturated carbocycles. The van der Waals surface area contributed by atoms with E-state index in [9.17, 15) is 4.79 Å². The highest BCUT2D eigenvalue weighted by Crippen LogP contribution is 2.43. The third kappa shape index (κ3) is 5.04. The highest BCUT2D eigenvalue weighted by atomic mass is 127. The van der Waals surface area contributed by atoms with E-state index in [1.165, 1.54) is 45.1 Å². The van der Waals surface area contributed by atoms with E-state index in [1.807, 2.05) is 7.05 Å². The topological polar surface area (TPSA) is 47.9 Å². The summed E-state index contributed by atoms with van der Waals surface area (Å²) in [5.41, 5.74) is 0.559. The van der Waals surface area contributed by atoms with Crippen molar-refractivity contribution in [3.05, 3.63) is 0 Å². The zero-order chi connectivity index (χ0) is 17.7. The lowest BCUT2D eigenvalue weighted by molar-refractivity contribution is -0.129. The molecule has 1 amide bonds. The second kappa shape index (κ2) is 10.1. The fourth-order valence-electron chi connectivity index (χ4n) is 5.14. The number of hydrogen-bond acceptors (Lipinski definition) is 2. The number of rotatable bonds is 5. The van der Waals surface area contributed by atoms with Gasteiger partial charge in [0.15, 0.2) is 5.96 Å². The van der Waals surface area contributed by atoms with Crippen molar-refractivity contribution in [3.8, 4) is 0 Å². The van der Waals surface area contributed by atoms with Crippen LogP contribution in [-0.4, -0.2) is 60.9 Å². The van der Waals surface area contributed by atoms with Gasteiger partial charge in [-0.05, 0) is 43.9 Å². The Morgan fingerprint density at radius 3 is 2.58 bits per heavy atom. The van der Waals surface area contributed by atoms with Gasteiger partial charge in [0.25, 0.3) is 0 Å². The molecular weight excluding hydrogens is 439 g/mol. The summed E-state index contributed by atoms with van der Waals surface area (Å²) >= 11 is 0. The zero-order valence-corrected chi connectivity index (χ0v) is 19.0. The van der Waals surface area contributed by atoms with Crippen LogP contribution in [-0.2, 0) is 4.79 Å². The van der Waals surface area contributed by atoms with Crippen molar-refractivity contribution in [3.63, 3.8) is 0 Å². The van der Waals surface area contributed by atoms with E-state index >= 15 is 0 Å². The maximum atomic E-state index is 12.0. The van der Waals surface area contributed by atoms with Crippen LogP contribution in [0.4, 0.5) is 0 Å². The minimum Gasteiger partial charge on any atom is -0.356 e. The lowest BCUT2D eigenvalue weighted by Crippen LogP contribution is -2.44. The molecule has 3 aliphatic rings. The summed E-state index contributed by atoms with van der Waals surface area (Å²) in [5.74, 6) is 1.40. The Bertz CT molecular complexity index is 490. The van der Waals surface area contributed by atoms with E-state index in [4.69, 9.17) is 0 Å². The highest BCUT2D eigenvalue weighted by molar-refractivity contribution is 14.0. The molecule has 0 aromatic heterocycles. The van der Waals surface area contributed by atoms with Gasteiger partial charge in [-0.2, -0.15) is 0 Å². The number of nitrogens with one attached hydrogen (secondary N) is 1. The summed E-state index contributed by atoms with van der Waals surface area (Å²) in [7, 11) is 1.90. The van der Waals surface area contributed by atoms with E-state index in [-0.39, 0.29) is 24.0 Å². The van der Waals surface area contributed by atoms with Crippen molar-refractivity contribution in [2.75, 3.05) is 33.2 Å². The summed E-state index contributed by atoms with van der Waals surface area (Å²) in [6, 6.07) is 0.379. The quantitative estimate of drug-likeness (QED) is 0.375. The van der Waals surface area contributed by atoms with Crippen LogP contribution in [0.25, 0.3) is 0 Å². The summed E-state index contributed by atoms with van der Waals surface area (Å²) in [4.78, 5) is 21.1. The molecule has 150 valence electrons. The normalized spacial score (nSPS) is 24.1. The molecule has 2 heterocycles. The number of carbonyl (C=O) groups excluding carboxylic acids is 1. The number of hydrogen-bond donors (Lipinski definition) is 1. The van der Waals surface area contributed by atoms with E-state index in [2.05, 4.69) is 27.0 Å². The van der Waals surface area contributed by atoms with E-state index < -0.39 is 0 Å². The van der Waals surface area contributed by atoms with E-state index in [0.29, 0.717) is 17.4 Å². The summed E-state index contributed by atoms with van der Waals surface area (Å²) < 4.78 is 0. The summed E-state index contributed by atoms with van der Waals surface area (Å²) in [5, 5.41) is 3.57. The second-order valence-corrected chi connectivity index (χ2v) is 8.25. The zero-order valence-electron chi connectivity index (χ0n) is 16.6. The molecule has 0 aromatic carbocycles. The predicted molar refractivity (Wildman–Crippen MR) is 118 cm³/mol. The smallest absolute Gasteiger partial charge is 0.222 e. The Labute approximate surface area is 176 Å². The molecule has 3 rings (SSSR count). The van der Waals surface area contributed by atoms with Crippen molar-refractivity contribution in [2.45, 2.75) is 77.2 Å². The molecule has 1 N–H and O–H groups in total. The molecule has 2 saturated heterocycles. The lowest BCUT2D eigenvalue weighted by atomic mass is 9.73. The van der Waals surface area contributed by atoms with Gasteiger partial charge in [-0.15, -0.1) is 24.0 Å². The first-order chi connectivity index (χ1) is 12.2. The fourth-order valence-corrected chi connectivity index (χ4v) is 5.14. The van der Waals surface area contributed by atoms with Crippen molar-refractivity contribution >= 4 is 35.8 Å². The molecule has 0 radical (unpaired) electrons. The third-order valence-corrected chi connectivity index (χ3v) is 6.65. The van der Waals surface area contributed by atoms with Crippen molar-refractivity contribution < 1.29 is 4.79 Å². The van der Waals surface area contributed by atoms with Crippen LogP contribution in [0.3, 0.4) is 0 Å². The van der Waals surface area contributed by atoms with Crippen molar-refractivity contribution in [1.29, 1.82) is 0 Å². The van der Waals surface area contributed by atoms with Gasteiger partial charge in [0.2, 0.25) is 5.91 Å². The van der Waals surface area contributed by atoms with Gasteiger partial charge in [0.05, 0.1) is 0 Å². The number of nitrogens with zero attached hydrogens (tertiary/aromatic N) is 3. The van der Waals surface area contributed by atoms with Crippen LogP contribution in [0.1, 0.15) is 71.1 Å². The second-order valence-electron chi connectivity index (χ2n) is 8.25.